The molecule has 70 valence electrons. The second-order valence-corrected chi connectivity index (χ2v) is 4.58. The second-order valence-electron chi connectivity index (χ2n) is 3.16. The first-order valence-corrected chi connectivity index (χ1v) is 5.33. The van der Waals surface area contributed by atoms with Gasteiger partial charge in [0.15, 0.2) is 0 Å². The molecule has 1 fully saturated rings. The lowest BCUT2D eigenvalue weighted by Gasteiger charge is -2.30. The number of nitrogens with two attached hydrogens (primary N) is 1. The van der Waals surface area contributed by atoms with E-state index in [1.165, 1.54) is 0 Å². The highest BCUT2D eigenvalue weighted by Gasteiger charge is 2.32. The van der Waals surface area contributed by atoms with Gasteiger partial charge < -0.3 is 5.73 Å². The maximum atomic E-state index is 6.01. The molecule has 0 spiro atoms. The van der Waals surface area contributed by atoms with Crippen molar-refractivity contribution in [3.63, 3.8) is 0 Å². The van der Waals surface area contributed by atoms with Crippen LogP contribution in [0.15, 0.2) is 10.7 Å². The Morgan fingerprint density at radius 1 is 1.54 bits per heavy atom. The Morgan fingerprint density at radius 3 is 2.77 bits per heavy atom. The number of alkyl halides is 1. The number of hydrogen-bond donors (Lipinski definition) is 1. The van der Waals surface area contributed by atoms with Crippen LogP contribution in [0.5, 0.6) is 0 Å². The summed E-state index contributed by atoms with van der Waals surface area (Å²) in [6.07, 6.45) is 3.79. The fraction of sp³-hybridized carbons (Fsp3) is 0.500. The van der Waals surface area contributed by atoms with Crippen LogP contribution in [0.1, 0.15) is 24.6 Å². The molecule has 2 atom stereocenters. The van der Waals surface area contributed by atoms with Gasteiger partial charge in [-0.1, -0.05) is 0 Å². The molecule has 1 aliphatic rings. The quantitative estimate of drug-likeness (QED) is 0.790. The molecule has 1 aromatic heterocycles. The highest BCUT2D eigenvalue weighted by Crippen LogP contribution is 2.39. The van der Waals surface area contributed by atoms with Crippen LogP contribution in [0.2, 0.25) is 0 Å². The molecule has 0 amide bonds. The lowest BCUT2D eigenvalue weighted by Crippen LogP contribution is -2.26. The average Bonchev–Trinajstić information content (AvgIpc) is 2.09. The fourth-order valence-corrected chi connectivity index (χ4v) is 1.88. The fourth-order valence-electron chi connectivity index (χ4n) is 1.32. The van der Waals surface area contributed by atoms with Crippen LogP contribution in [-0.2, 0) is 0 Å². The van der Waals surface area contributed by atoms with Gasteiger partial charge in [0.05, 0.1) is 4.47 Å². The van der Waals surface area contributed by atoms with Gasteiger partial charge in [-0.3, -0.25) is 0 Å². The first-order valence-electron chi connectivity index (χ1n) is 4.10. The predicted molar refractivity (Wildman–Crippen MR) is 55.8 cm³/mol. The summed E-state index contributed by atoms with van der Waals surface area (Å²) in [6.45, 7) is 0. The molecule has 2 unspecified atom stereocenters. The molecule has 1 saturated carbocycles. The Kier molecular flexibility index (Phi) is 2.43. The number of aromatic nitrogens is 2. The van der Waals surface area contributed by atoms with Crippen LogP contribution < -0.4 is 5.73 Å². The van der Waals surface area contributed by atoms with Crippen LogP contribution in [0, 0.1) is 0 Å². The highest BCUT2D eigenvalue weighted by molar-refractivity contribution is 9.10. The predicted octanol–water partition coefficient (Wildman–Crippen LogP) is 2.31. The minimum Gasteiger partial charge on any atom is -0.383 e. The Balaban J connectivity index is 2.26. The van der Waals surface area contributed by atoms with Crippen molar-refractivity contribution < 1.29 is 0 Å². The zero-order valence-electron chi connectivity index (χ0n) is 6.87. The number of nitrogen functional groups attached to an aromatic ring is 1. The van der Waals surface area contributed by atoms with Crippen molar-refractivity contribution in [3.8, 4) is 0 Å². The van der Waals surface area contributed by atoms with Gasteiger partial charge in [0.25, 0.3) is 0 Å². The van der Waals surface area contributed by atoms with Crippen molar-refractivity contribution in [1.29, 1.82) is 0 Å². The maximum absolute atomic E-state index is 6.01. The third kappa shape index (κ3) is 1.65. The molecule has 0 saturated heterocycles. The molecule has 0 aromatic carbocycles. The van der Waals surface area contributed by atoms with Gasteiger partial charge in [-0.2, -0.15) is 0 Å². The van der Waals surface area contributed by atoms with Crippen LogP contribution >= 0.6 is 27.5 Å². The third-order valence-corrected chi connectivity index (χ3v) is 3.44. The zero-order chi connectivity index (χ0) is 9.42. The molecule has 1 aliphatic carbocycles. The van der Waals surface area contributed by atoms with Crippen molar-refractivity contribution in [3.05, 3.63) is 16.5 Å². The summed E-state index contributed by atoms with van der Waals surface area (Å²) in [5, 5.41) is 0.181. The van der Waals surface area contributed by atoms with Crippen molar-refractivity contribution in [2.24, 2.45) is 0 Å². The van der Waals surface area contributed by atoms with Crippen LogP contribution in [-0.4, -0.2) is 15.3 Å². The number of rotatable bonds is 1. The number of hydrogen-bond acceptors (Lipinski definition) is 3. The molecule has 5 heteroatoms. The minimum atomic E-state index is 0.181. The van der Waals surface area contributed by atoms with Crippen molar-refractivity contribution in [1.82, 2.24) is 9.97 Å². The van der Waals surface area contributed by atoms with E-state index in [9.17, 15) is 0 Å². The first-order chi connectivity index (χ1) is 6.18. The zero-order valence-corrected chi connectivity index (χ0v) is 9.22. The minimum absolute atomic E-state index is 0.181. The summed E-state index contributed by atoms with van der Waals surface area (Å²) in [6, 6.07) is 0. The molecule has 1 aromatic rings. The molecular weight excluding hydrogens is 253 g/mol. The van der Waals surface area contributed by atoms with Gasteiger partial charge in [0, 0.05) is 17.5 Å². The average molecular weight is 263 g/mol. The molecule has 0 bridgehead atoms. The highest BCUT2D eigenvalue weighted by atomic mass is 79.9. The molecule has 0 radical (unpaired) electrons. The van der Waals surface area contributed by atoms with E-state index < -0.39 is 0 Å². The largest absolute Gasteiger partial charge is 0.383 e. The summed E-state index contributed by atoms with van der Waals surface area (Å²) < 4.78 is 0.738. The summed E-state index contributed by atoms with van der Waals surface area (Å²) in [5.74, 6) is 1.55. The third-order valence-electron chi connectivity index (χ3n) is 2.31. The van der Waals surface area contributed by atoms with Crippen molar-refractivity contribution >= 4 is 33.3 Å². The Bertz CT molecular complexity index is 331. The lowest BCUT2D eigenvalue weighted by atomic mass is 9.84. The molecule has 2 rings (SSSR count). The number of anilines is 1. The molecule has 0 aliphatic heterocycles. The molecule has 1 heterocycles. The van der Waals surface area contributed by atoms with Gasteiger partial charge in [0.1, 0.15) is 11.6 Å². The van der Waals surface area contributed by atoms with E-state index in [0.717, 1.165) is 23.1 Å². The van der Waals surface area contributed by atoms with Crippen molar-refractivity contribution in [2.75, 3.05) is 5.73 Å². The molecule has 2 N–H and O–H groups in total. The van der Waals surface area contributed by atoms with E-state index in [2.05, 4.69) is 25.9 Å². The van der Waals surface area contributed by atoms with E-state index in [0.29, 0.717) is 5.82 Å². The summed E-state index contributed by atoms with van der Waals surface area (Å²) >= 11 is 9.26. The summed E-state index contributed by atoms with van der Waals surface area (Å²) in [5.41, 5.74) is 5.64. The normalized spacial score (nSPS) is 26.9. The van der Waals surface area contributed by atoms with E-state index >= 15 is 0 Å². The lowest BCUT2D eigenvalue weighted by molar-refractivity contribution is 0.411. The number of halogens is 2. The van der Waals surface area contributed by atoms with Gasteiger partial charge in [-0.05, 0) is 28.8 Å². The Morgan fingerprint density at radius 2 is 2.31 bits per heavy atom. The van der Waals surface area contributed by atoms with Gasteiger partial charge in [-0.25, -0.2) is 9.97 Å². The SMILES string of the molecule is Nc1nc(C2CCC2Cl)ncc1Br. The first kappa shape index (κ1) is 9.21. The van der Waals surface area contributed by atoms with Crippen LogP contribution in [0.25, 0.3) is 0 Å². The monoisotopic (exact) mass is 261 g/mol. The molecular formula is C8H9BrClN3. The van der Waals surface area contributed by atoms with E-state index in [1.54, 1.807) is 6.20 Å². The number of nitrogens with zero attached hydrogens (tertiary/aromatic N) is 2. The van der Waals surface area contributed by atoms with Gasteiger partial charge in [0.2, 0.25) is 0 Å². The van der Waals surface area contributed by atoms with Gasteiger partial charge in [-0.15, -0.1) is 11.6 Å². The smallest absolute Gasteiger partial charge is 0.141 e. The van der Waals surface area contributed by atoms with E-state index in [-0.39, 0.29) is 11.3 Å². The van der Waals surface area contributed by atoms with E-state index in [4.69, 9.17) is 17.3 Å². The topological polar surface area (TPSA) is 51.8 Å². The standard InChI is InChI=1S/C8H9BrClN3/c9-5-3-12-8(13-7(5)11)4-1-2-6(4)10/h3-4,6H,1-2H2,(H2,11,12,13). The Hall–Kier alpha value is -0.350. The van der Waals surface area contributed by atoms with Crippen LogP contribution in [0.3, 0.4) is 0 Å². The van der Waals surface area contributed by atoms with E-state index in [1.807, 2.05) is 0 Å². The summed E-state index contributed by atoms with van der Waals surface area (Å²) in [4.78, 5) is 8.37. The Labute approximate surface area is 89.8 Å². The van der Waals surface area contributed by atoms with Gasteiger partial charge >= 0.3 is 0 Å². The van der Waals surface area contributed by atoms with Crippen LogP contribution in [0.4, 0.5) is 5.82 Å². The second kappa shape index (κ2) is 3.42. The summed E-state index contributed by atoms with van der Waals surface area (Å²) in [7, 11) is 0. The van der Waals surface area contributed by atoms with Crippen molar-refractivity contribution in [2.45, 2.75) is 24.1 Å². The molecule has 13 heavy (non-hydrogen) atoms. The molecule has 3 nitrogen and oxygen atoms in total. The maximum Gasteiger partial charge on any atom is 0.141 e.